The van der Waals surface area contributed by atoms with Gasteiger partial charge in [0.05, 0.1) is 11.1 Å². The molecule has 1 heterocycles. The van der Waals surface area contributed by atoms with E-state index in [1.807, 2.05) is 19.1 Å². The van der Waals surface area contributed by atoms with Crippen molar-refractivity contribution < 1.29 is 8.81 Å². The van der Waals surface area contributed by atoms with Gasteiger partial charge in [0, 0.05) is 11.6 Å². The molecule has 0 unspecified atom stereocenters. The number of halogens is 1. The van der Waals surface area contributed by atoms with Crippen molar-refractivity contribution in [2.24, 2.45) is 0 Å². The van der Waals surface area contributed by atoms with Gasteiger partial charge in [0.1, 0.15) is 17.2 Å². The highest BCUT2D eigenvalue weighted by Crippen LogP contribution is 2.26. The van der Waals surface area contributed by atoms with Crippen LogP contribution < -0.4 is 11.2 Å². The molecule has 0 amide bonds. The van der Waals surface area contributed by atoms with Crippen LogP contribution in [0.2, 0.25) is 0 Å². The molecule has 4 heteroatoms. The first-order chi connectivity index (χ1) is 9.56. The van der Waals surface area contributed by atoms with E-state index < -0.39 is 5.82 Å². The van der Waals surface area contributed by atoms with Crippen LogP contribution in [0.15, 0.2) is 51.7 Å². The topological polar surface area (TPSA) is 56.2 Å². The molecule has 0 saturated heterocycles. The van der Waals surface area contributed by atoms with Crippen LogP contribution in [-0.4, -0.2) is 0 Å². The van der Waals surface area contributed by atoms with Crippen LogP contribution in [0.3, 0.4) is 0 Å². The van der Waals surface area contributed by atoms with Crippen molar-refractivity contribution in [2.75, 3.05) is 5.73 Å². The number of nitrogens with two attached hydrogens (primary N) is 1. The Morgan fingerprint density at radius 1 is 1.15 bits per heavy atom. The lowest BCUT2D eigenvalue weighted by Crippen LogP contribution is -2.01. The van der Waals surface area contributed by atoms with E-state index in [0.29, 0.717) is 22.3 Å². The number of benzene rings is 2. The van der Waals surface area contributed by atoms with Gasteiger partial charge < -0.3 is 10.2 Å². The van der Waals surface area contributed by atoms with Gasteiger partial charge in [-0.25, -0.2) is 4.39 Å². The lowest BCUT2D eigenvalue weighted by Gasteiger charge is -2.06. The zero-order valence-electron chi connectivity index (χ0n) is 10.8. The maximum atomic E-state index is 13.2. The molecule has 2 aromatic carbocycles. The van der Waals surface area contributed by atoms with Gasteiger partial charge in [0.25, 0.3) is 0 Å². The summed E-state index contributed by atoms with van der Waals surface area (Å²) in [5, 5.41) is 0.531. The summed E-state index contributed by atoms with van der Waals surface area (Å²) in [6.45, 7) is 1.87. The first kappa shape index (κ1) is 12.4. The van der Waals surface area contributed by atoms with E-state index >= 15 is 0 Å². The summed E-state index contributed by atoms with van der Waals surface area (Å²) in [6.07, 6.45) is 0. The van der Waals surface area contributed by atoms with Crippen molar-refractivity contribution in [1.82, 2.24) is 0 Å². The van der Waals surface area contributed by atoms with Gasteiger partial charge in [-0.3, -0.25) is 4.79 Å². The Hall–Kier alpha value is -2.62. The second-order valence-corrected chi connectivity index (χ2v) is 4.66. The summed E-state index contributed by atoms with van der Waals surface area (Å²) in [5.41, 5.74) is 7.42. The fourth-order valence-corrected chi connectivity index (χ4v) is 2.16. The highest BCUT2D eigenvalue weighted by Gasteiger charge is 2.09. The Balaban J connectivity index is 2.29. The number of aryl methyl sites for hydroxylation is 1. The van der Waals surface area contributed by atoms with Crippen LogP contribution in [0.1, 0.15) is 5.56 Å². The number of hydrogen-bond acceptors (Lipinski definition) is 3. The number of para-hydroxylation sites is 1. The lowest BCUT2D eigenvalue weighted by molar-refractivity contribution is 0.614. The van der Waals surface area contributed by atoms with E-state index in [-0.39, 0.29) is 11.1 Å². The molecule has 0 bridgehead atoms. The molecule has 0 aliphatic rings. The molecule has 0 aliphatic heterocycles. The van der Waals surface area contributed by atoms with Gasteiger partial charge in [0.15, 0.2) is 5.43 Å². The molecule has 1 aromatic heterocycles. The van der Waals surface area contributed by atoms with Crippen molar-refractivity contribution in [3.63, 3.8) is 0 Å². The van der Waals surface area contributed by atoms with E-state index in [1.54, 1.807) is 6.07 Å². The first-order valence-electron chi connectivity index (χ1n) is 6.15. The summed E-state index contributed by atoms with van der Waals surface area (Å²) in [7, 11) is 0. The molecule has 0 saturated carbocycles. The van der Waals surface area contributed by atoms with Crippen molar-refractivity contribution in [1.29, 1.82) is 0 Å². The van der Waals surface area contributed by atoms with Crippen molar-refractivity contribution in [3.05, 3.63) is 64.1 Å². The van der Waals surface area contributed by atoms with Gasteiger partial charge >= 0.3 is 0 Å². The second-order valence-electron chi connectivity index (χ2n) is 4.66. The summed E-state index contributed by atoms with van der Waals surface area (Å²) in [5.74, 6) is -0.114. The number of hydrogen-bond donors (Lipinski definition) is 1. The van der Waals surface area contributed by atoms with Crippen LogP contribution in [0, 0.1) is 12.7 Å². The molecule has 3 nitrogen and oxygen atoms in total. The highest BCUT2D eigenvalue weighted by molar-refractivity contribution is 5.81. The van der Waals surface area contributed by atoms with Crippen LogP contribution in [0.5, 0.6) is 0 Å². The lowest BCUT2D eigenvalue weighted by atomic mass is 10.1. The van der Waals surface area contributed by atoms with Gasteiger partial charge in [0.2, 0.25) is 0 Å². The second kappa shape index (κ2) is 4.49. The number of nitrogen functional groups attached to an aromatic ring is 1. The van der Waals surface area contributed by atoms with Crippen LogP contribution >= 0.6 is 0 Å². The van der Waals surface area contributed by atoms with Crippen molar-refractivity contribution in [2.45, 2.75) is 6.92 Å². The Labute approximate surface area is 114 Å². The zero-order valence-corrected chi connectivity index (χ0v) is 10.8. The highest BCUT2D eigenvalue weighted by atomic mass is 19.1. The Morgan fingerprint density at radius 2 is 1.95 bits per heavy atom. The monoisotopic (exact) mass is 269 g/mol. The van der Waals surface area contributed by atoms with Gasteiger partial charge in [-0.05, 0) is 36.8 Å². The SMILES string of the molecule is Cc1cccc2c(=O)cc(-c3ccc(F)c(N)c3)oc12. The zero-order chi connectivity index (χ0) is 14.3. The summed E-state index contributed by atoms with van der Waals surface area (Å²) in [6, 6.07) is 11.0. The molecule has 100 valence electrons. The van der Waals surface area contributed by atoms with E-state index in [1.165, 1.54) is 24.3 Å². The number of anilines is 1. The number of fused-ring (bicyclic) bond motifs is 1. The first-order valence-corrected chi connectivity index (χ1v) is 6.15. The molecule has 3 aromatic rings. The summed E-state index contributed by atoms with van der Waals surface area (Å²) < 4.78 is 19.0. The predicted octanol–water partition coefficient (Wildman–Crippen LogP) is 3.49. The van der Waals surface area contributed by atoms with Crippen LogP contribution in [-0.2, 0) is 0 Å². The quantitative estimate of drug-likeness (QED) is 0.688. The molecule has 20 heavy (non-hydrogen) atoms. The maximum absolute atomic E-state index is 13.2. The molecule has 2 N–H and O–H groups in total. The minimum absolute atomic E-state index is 0.0232. The van der Waals surface area contributed by atoms with E-state index in [0.717, 1.165) is 5.56 Å². The fourth-order valence-electron chi connectivity index (χ4n) is 2.16. The Morgan fingerprint density at radius 3 is 2.70 bits per heavy atom. The van der Waals surface area contributed by atoms with Crippen molar-refractivity contribution >= 4 is 16.7 Å². The van der Waals surface area contributed by atoms with Crippen LogP contribution in [0.25, 0.3) is 22.3 Å². The van der Waals surface area contributed by atoms with Gasteiger partial charge in [-0.15, -0.1) is 0 Å². The largest absolute Gasteiger partial charge is 0.456 e. The number of rotatable bonds is 1. The molecular weight excluding hydrogens is 257 g/mol. The third-order valence-electron chi connectivity index (χ3n) is 3.23. The summed E-state index contributed by atoms with van der Waals surface area (Å²) >= 11 is 0. The van der Waals surface area contributed by atoms with Gasteiger partial charge in [-0.2, -0.15) is 0 Å². The van der Waals surface area contributed by atoms with Crippen molar-refractivity contribution in [3.8, 4) is 11.3 Å². The average Bonchev–Trinajstić information content (AvgIpc) is 2.43. The molecular formula is C16H12FNO2. The molecule has 0 spiro atoms. The van der Waals surface area contributed by atoms with Crippen LogP contribution in [0.4, 0.5) is 10.1 Å². The Bertz CT molecular complexity index is 868. The third-order valence-corrected chi connectivity index (χ3v) is 3.23. The smallest absolute Gasteiger partial charge is 0.193 e. The molecule has 0 radical (unpaired) electrons. The van der Waals surface area contributed by atoms with E-state index in [9.17, 15) is 9.18 Å². The molecule has 0 aliphatic carbocycles. The Kier molecular flexibility index (Phi) is 2.79. The third kappa shape index (κ3) is 1.95. The predicted molar refractivity (Wildman–Crippen MR) is 77.0 cm³/mol. The average molecular weight is 269 g/mol. The van der Waals surface area contributed by atoms with E-state index in [4.69, 9.17) is 10.2 Å². The van der Waals surface area contributed by atoms with Gasteiger partial charge in [-0.1, -0.05) is 12.1 Å². The molecule has 0 atom stereocenters. The van der Waals surface area contributed by atoms with E-state index in [2.05, 4.69) is 0 Å². The summed E-state index contributed by atoms with van der Waals surface area (Å²) in [4.78, 5) is 12.1. The molecule has 3 rings (SSSR count). The standard InChI is InChI=1S/C16H12FNO2/c1-9-3-2-4-11-14(19)8-15(20-16(9)11)10-5-6-12(17)13(18)7-10/h2-8H,18H2,1H3. The molecule has 0 fully saturated rings. The minimum Gasteiger partial charge on any atom is -0.456 e. The normalized spacial score (nSPS) is 10.9. The minimum atomic E-state index is -0.493. The fraction of sp³-hybridized carbons (Fsp3) is 0.0625. The maximum Gasteiger partial charge on any atom is 0.193 e.